The molecule has 31 heavy (non-hydrogen) atoms. The summed E-state index contributed by atoms with van der Waals surface area (Å²) in [7, 11) is 1.80. The first-order valence-corrected chi connectivity index (χ1v) is 10.7. The van der Waals surface area contributed by atoms with Crippen molar-refractivity contribution in [2.45, 2.75) is 32.2 Å². The summed E-state index contributed by atoms with van der Waals surface area (Å²) < 4.78 is 5.31. The third-order valence-electron chi connectivity index (χ3n) is 5.38. The number of hydrogen-bond donors (Lipinski definition) is 2. The van der Waals surface area contributed by atoms with E-state index in [2.05, 4.69) is 66.8 Å². The quantitative estimate of drug-likeness (QED) is 0.469. The molecule has 3 heterocycles. The lowest BCUT2D eigenvalue weighted by molar-refractivity contribution is 0.421. The zero-order chi connectivity index (χ0) is 21.5. The Morgan fingerprint density at radius 3 is 2.87 bits per heavy atom. The van der Waals surface area contributed by atoms with Gasteiger partial charge in [-0.15, -0.1) is 0 Å². The molecule has 2 aromatic heterocycles. The number of aromatic nitrogens is 3. The van der Waals surface area contributed by atoms with Crippen LogP contribution in [-0.2, 0) is 6.42 Å². The van der Waals surface area contributed by atoms with Crippen LogP contribution in [0.1, 0.15) is 24.2 Å². The molecule has 0 aliphatic carbocycles. The molecule has 8 nitrogen and oxygen atoms in total. The number of nitrogens with one attached hydrogen (secondary N) is 2. The van der Waals surface area contributed by atoms with Gasteiger partial charge in [-0.25, -0.2) is 0 Å². The summed E-state index contributed by atoms with van der Waals surface area (Å²) in [6, 6.07) is 14.7. The van der Waals surface area contributed by atoms with Crippen LogP contribution in [0.25, 0.3) is 11.6 Å². The average molecular weight is 420 g/mol. The Hall–Kier alpha value is -3.42. The van der Waals surface area contributed by atoms with Crippen LogP contribution in [0.15, 0.2) is 58.2 Å². The Kier molecular flexibility index (Phi) is 6.76. The number of benzene rings is 1. The highest BCUT2D eigenvalue weighted by Gasteiger charge is 2.21. The molecule has 4 rings (SSSR count). The standard InChI is InChI=1S/C23H29N7O/c1-17-8-10-19(11-9-17)30-15-5-6-18(16-30)27-23(24-2)26-14-12-21-28-22(31-29-21)20-7-3-4-13-25-20/h3-4,7-11,13,18H,5-6,12,14-16H2,1-2H3,(H2,24,26,27). The molecule has 1 atom stereocenters. The zero-order valence-corrected chi connectivity index (χ0v) is 18.1. The van der Waals surface area contributed by atoms with Crippen molar-refractivity contribution in [3.63, 3.8) is 0 Å². The monoisotopic (exact) mass is 419 g/mol. The largest absolute Gasteiger partial charge is 0.369 e. The molecule has 0 radical (unpaired) electrons. The van der Waals surface area contributed by atoms with E-state index in [1.165, 1.54) is 11.3 Å². The molecule has 1 aromatic carbocycles. The van der Waals surface area contributed by atoms with E-state index >= 15 is 0 Å². The second kappa shape index (κ2) is 10.1. The smallest absolute Gasteiger partial charge is 0.276 e. The number of guanidine groups is 1. The fraction of sp³-hybridized carbons (Fsp3) is 0.391. The molecule has 0 bridgehead atoms. The SMILES string of the molecule is CN=C(NCCc1noc(-c2ccccn2)n1)NC1CCCN(c2ccc(C)cc2)C1. The average Bonchev–Trinajstić information content (AvgIpc) is 3.29. The second-order valence-electron chi connectivity index (χ2n) is 7.74. The van der Waals surface area contributed by atoms with Crippen molar-refractivity contribution in [1.82, 2.24) is 25.8 Å². The van der Waals surface area contributed by atoms with Crippen molar-refractivity contribution in [2.75, 3.05) is 31.6 Å². The van der Waals surface area contributed by atoms with E-state index in [1.54, 1.807) is 13.2 Å². The van der Waals surface area contributed by atoms with Gasteiger partial charge in [-0.05, 0) is 44.0 Å². The van der Waals surface area contributed by atoms with E-state index in [9.17, 15) is 0 Å². The van der Waals surface area contributed by atoms with E-state index in [0.717, 1.165) is 31.9 Å². The Morgan fingerprint density at radius 1 is 1.23 bits per heavy atom. The molecule has 162 valence electrons. The molecule has 1 saturated heterocycles. The van der Waals surface area contributed by atoms with Crippen molar-refractivity contribution >= 4 is 11.6 Å². The highest BCUT2D eigenvalue weighted by atomic mass is 16.5. The van der Waals surface area contributed by atoms with E-state index in [-0.39, 0.29) is 0 Å². The Labute approximate surface area is 182 Å². The zero-order valence-electron chi connectivity index (χ0n) is 18.1. The summed E-state index contributed by atoms with van der Waals surface area (Å²) in [5, 5.41) is 11.0. The van der Waals surface area contributed by atoms with Gasteiger partial charge in [0.1, 0.15) is 5.69 Å². The molecule has 1 aliphatic rings. The van der Waals surface area contributed by atoms with Gasteiger partial charge in [0.2, 0.25) is 0 Å². The van der Waals surface area contributed by atoms with Gasteiger partial charge < -0.3 is 20.1 Å². The van der Waals surface area contributed by atoms with Crippen LogP contribution in [0.4, 0.5) is 5.69 Å². The van der Waals surface area contributed by atoms with Crippen LogP contribution in [0.5, 0.6) is 0 Å². The number of nitrogens with zero attached hydrogens (tertiary/aromatic N) is 5. The van der Waals surface area contributed by atoms with E-state index in [4.69, 9.17) is 4.52 Å². The molecule has 1 aliphatic heterocycles. The van der Waals surface area contributed by atoms with Crippen molar-refractivity contribution in [3.8, 4) is 11.6 Å². The van der Waals surface area contributed by atoms with Gasteiger partial charge in [-0.2, -0.15) is 4.98 Å². The molecule has 3 aromatic rings. The predicted octanol–water partition coefficient (Wildman–Crippen LogP) is 2.82. The number of rotatable bonds is 6. The summed E-state index contributed by atoms with van der Waals surface area (Å²) in [5.41, 5.74) is 3.25. The number of aliphatic imine (C=N–C) groups is 1. The Morgan fingerprint density at radius 2 is 2.10 bits per heavy atom. The molecule has 0 amide bonds. The van der Waals surface area contributed by atoms with Gasteiger partial charge in [0.25, 0.3) is 5.89 Å². The summed E-state index contributed by atoms with van der Waals surface area (Å²) in [6.07, 6.45) is 4.63. The number of anilines is 1. The normalized spacial score (nSPS) is 16.9. The maximum Gasteiger partial charge on any atom is 0.276 e. The third-order valence-corrected chi connectivity index (χ3v) is 5.38. The van der Waals surface area contributed by atoms with Gasteiger partial charge in [0.05, 0.1) is 0 Å². The topological polar surface area (TPSA) is 91.5 Å². The van der Waals surface area contributed by atoms with Crippen LogP contribution >= 0.6 is 0 Å². The highest BCUT2D eigenvalue weighted by Crippen LogP contribution is 2.20. The summed E-state index contributed by atoms with van der Waals surface area (Å²) >= 11 is 0. The van der Waals surface area contributed by atoms with E-state index < -0.39 is 0 Å². The summed E-state index contributed by atoms with van der Waals surface area (Å²) in [6.45, 7) is 4.83. The Balaban J connectivity index is 1.26. The summed E-state index contributed by atoms with van der Waals surface area (Å²) in [5.74, 6) is 1.88. The molecule has 1 fully saturated rings. The first-order chi connectivity index (χ1) is 15.2. The van der Waals surface area contributed by atoms with Crippen LogP contribution in [0, 0.1) is 6.92 Å². The molecule has 2 N–H and O–H groups in total. The van der Waals surface area contributed by atoms with Crippen molar-refractivity contribution in [1.29, 1.82) is 0 Å². The third kappa shape index (κ3) is 5.59. The predicted molar refractivity (Wildman–Crippen MR) is 122 cm³/mol. The van der Waals surface area contributed by atoms with Gasteiger partial charge in [0, 0.05) is 51.0 Å². The van der Waals surface area contributed by atoms with Gasteiger partial charge in [0.15, 0.2) is 11.8 Å². The molecule has 8 heteroatoms. The first-order valence-electron chi connectivity index (χ1n) is 10.7. The van der Waals surface area contributed by atoms with Crippen molar-refractivity contribution in [3.05, 3.63) is 60.0 Å². The van der Waals surface area contributed by atoms with Crippen LogP contribution in [0.3, 0.4) is 0 Å². The van der Waals surface area contributed by atoms with Gasteiger partial charge in [-0.1, -0.05) is 28.9 Å². The minimum absolute atomic E-state index is 0.349. The van der Waals surface area contributed by atoms with Crippen LogP contribution < -0.4 is 15.5 Å². The van der Waals surface area contributed by atoms with Crippen molar-refractivity contribution in [2.24, 2.45) is 4.99 Å². The molecule has 1 unspecified atom stereocenters. The van der Waals surface area contributed by atoms with E-state index in [1.807, 2.05) is 18.2 Å². The van der Waals surface area contributed by atoms with E-state index in [0.29, 0.717) is 36.4 Å². The molecular weight excluding hydrogens is 390 g/mol. The van der Waals surface area contributed by atoms with Crippen LogP contribution in [0.2, 0.25) is 0 Å². The molecular formula is C23H29N7O. The highest BCUT2D eigenvalue weighted by molar-refractivity contribution is 5.80. The minimum Gasteiger partial charge on any atom is -0.369 e. The van der Waals surface area contributed by atoms with Crippen molar-refractivity contribution < 1.29 is 4.52 Å². The molecule has 0 spiro atoms. The number of pyridine rings is 1. The number of hydrogen-bond acceptors (Lipinski definition) is 6. The fourth-order valence-electron chi connectivity index (χ4n) is 3.71. The number of aryl methyl sites for hydroxylation is 1. The minimum atomic E-state index is 0.349. The maximum absolute atomic E-state index is 5.31. The molecule has 0 saturated carbocycles. The van der Waals surface area contributed by atoms with Gasteiger partial charge >= 0.3 is 0 Å². The lowest BCUT2D eigenvalue weighted by atomic mass is 10.0. The first kappa shape index (κ1) is 20.8. The number of piperidine rings is 1. The van der Waals surface area contributed by atoms with Crippen LogP contribution in [-0.4, -0.2) is 53.8 Å². The van der Waals surface area contributed by atoms with Gasteiger partial charge in [-0.3, -0.25) is 9.98 Å². The lowest BCUT2D eigenvalue weighted by Gasteiger charge is -2.35. The second-order valence-corrected chi connectivity index (χ2v) is 7.74. The lowest BCUT2D eigenvalue weighted by Crippen LogP contribution is -2.51. The fourth-order valence-corrected chi connectivity index (χ4v) is 3.71. The Bertz CT molecular complexity index is 985. The summed E-state index contributed by atoms with van der Waals surface area (Å²) in [4.78, 5) is 15.5. The maximum atomic E-state index is 5.31.